The predicted molar refractivity (Wildman–Crippen MR) is 99.8 cm³/mol. The average Bonchev–Trinajstić information content (AvgIpc) is 3.29. The Kier molecular flexibility index (Phi) is 4.15. The number of amides is 1. The molecule has 3 heterocycles. The second-order valence-corrected chi connectivity index (χ2v) is 7.81. The third-order valence-corrected chi connectivity index (χ3v) is 5.78. The van der Waals surface area contributed by atoms with Crippen LogP contribution in [0.25, 0.3) is 10.2 Å². The van der Waals surface area contributed by atoms with Gasteiger partial charge in [-0.25, -0.2) is 0 Å². The Morgan fingerprint density at radius 3 is 2.62 bits per heavy atom. The first-order valence-electron chi connectivity index (χ1n) is 8.65. The summed E-state index contributed by atoms with van der Waals surface area (Å²) >= 11 is 1.78. The number of aryl methyl sites for hydroxylation is 3. The maximum absolute atomic E-state index is 12.9. The Morgan fingerprint density at radius 2 is 1.88 bits per heavy atom. The number of thiophene rings is 1. The van der Waals surface area contributed by atoms with Gasteiger partial charge in [-0.2, -0.15) is 0 Å². The molecule has 124 valence electrons. The molecule has 1 fully saturated rings. The number of hydrogen-bond acceptors (Lipinski definition) is 2. The van der Waals surface area contributed by atoms with Crippen LogP contribution < -0.4 is 0 Å². The molecule has 1 aliphatic rings. The molecule has 4 heteroatoms. The first-order chi connectivity index (χ1) is 11.7. The Labute approximate surface area is 146 Å². The van der Waals surface area contributed by atoms with Gasteiger partial charge in [-0.1, -0.05) is 30.3 Å². The van der Waals surface area contributed by atoms with E-state index >= 15 is 0 Å². The van der Waals surface area contributed by atoms with Crippen molar-refractivity contribution in [3.05, 3.63) is 58.6 Å². The monoisotopic (exact) mass is 338 g/mol. The molecule has 0 aliphatic carbocycles. The molecule has 0 unspecified atom stereocenters. The second-order valence-electron chi connectivity index (χ2n) is 6.52. The van der Waals surface area contributed by atoms with Crippen LogP contribution in [0.5, 0.6) is 0 Å². The minimum absolute atomic E-state index is 0.196. The smallest absolute Gasteiger partial charge is 0.270 e. The third kappa shape index (κ3) is 2.86. The number of carbonyl (C=O) groups excluding carboxylic acids is 1. The fourth-order valence-electron chi connectivity index (χ4n) is 3.55. The molecule has 0 atom stereocenters. The van der Waals surface area contributed by atoms with E-state index in [9.17, 15) is 4.79 Å². The van der Waals surface area contributed by atoms with Crippen LogP contribution in [-0.2, 0) is 13.0 Å². The highest BCUT2D eigenvalue weighted by Crippen LogP contribution is 2.30. The van der Waals surface area contributed by atoms with Crippen LogP contribution in [0.1, 0.15) is 33.8 Å². The first kappa shape index (κ1) is 15.5. The second kappa shape index (κ2) is 6.44. The van der Waals surface area contributed by atoms with E-state index in [-0.39, 0.29) is 5.91 Å². The van der Waals surface area contributed by atoms with Crippen molar-refractivity contribution in [3.8, 4) is 0 Å². The van der Waals surface area contributed by atoms with Gasteiger partial charge >= 0.3 is 0 Å². The molecule has 4 rings (SSSR count). The van der Waals surface area contributed by atoms with Crippen LogP contribution in [0.2, 0.25) is 0 Å². The molecule has 1 aromatic carbocycles. The van der Waals surface area contributed by atoms with E-state index < -0.39 is 0 Å². The molecule has 24 heavy (non-hydrogen) atoms. The number of likely N-dealkylation sites (tertiary alicyclic amines) is 1. The van der Waals surface area contributed by atoms with Crippen molar-refractivity contribution in [1.82, 2.24) is 9.47 Å². The average molecular weight is 338 g/mol. The topological polar surface area (TPSA) is 25.2 Å². The Hall–Kier alpha value is -2.07. The number of aromatic nitrogens is 1. The van der Waals surface area contributed by atoms with E-state index in [0.717, 1.165) is 44.6 Å². The van der Waals surface area contributed by atoms with Crippen molar-refractivity contribution in [2.24, 2.45) is 0 Å². The number of fused-ring (bicyclic) bond motifs is 1. The number of nitrogens with zero attached hydrogens (tertiary/aromatic N) is 2. The molecule has 0 spiro atoms. The minimum Gasteiger partial charge on any atom is -0.337 e. The molecule has 0 N–H and O–H groups in total. The van der Waals surface area contributed by atoms with Gasteiger partial charge in [-0.15, -0.1) is 11.3 Å². The summed E-state index contributed by atoms with van der Waals surface area (Å²) in [6.07, 6.45) is 3.20. The number of carbonyl (C=O) groups is 1. The fourth-order valence-corrected chi connectivity index (χ4v) is 4.51. The molecule has 3 nitrogen and oxygen atoms in total. The van der Waals surface area contributed by atoms with Gasteiger partial charge in [0.05, 0.1) is 10.2 Å². The highest BCUT2D eigenvalue weighted by molar-refractivity contribution is 7.19. The maximum atomic E-state index is 12.9. The summed E-state index contributed by atoms with van der Waals surface area (Å²) in [7, 11) is 0. The molecule has 0 saturated carbocycles. The Morgan fingerprint density at radius 1 is 1.12 bits per heavy atom. The maximum Gasteiger partial charge on any atom is 0.270 e. The van der Waals surface area contributed by atoms with Gasteiger partial charge < -0.3 is 9.47 Å². The van der Waals surface area contributed by atoms with E-state index in [0.29, 0.717) is 0 Å². The molecule has 1 saturated heterocycles. The van der Waals surface area contributed by atoms with E-state index in [2.05, 4.69) is 47.9 Å². The molecule has 1 aliphatic heterocycles. The lowest BCUT2D eigenvalue weighted by molar-refractivity contribution is 0.0782. The van der Waals surface area contributed by atoms with E-state index in [1.165, 1.54) is 20.7 Å². The highest BCUT2D eigenvalue weighted by atomic mass is 32.1. The molecular weight excluding hydrogens is 316 g/mol. The van der Waals surface area contributed by atoms with Gasteiger partial charge in [0.15, 0.2) is 0 Å². The van der Waals surface area contributed by atoms with Crippen LogP contribution >= 0.6 is 11.3 Å². The highest BCUT2D eigenvalue weighted by Gasteiger charge is 2.24. The quantitative estimate of drug-likeness (QED) is 0.688. The lowest BCUT2D eigenvalue weighted by atomic mass is 10.1. The molecule has 1 amide bonds. The Balaban J connectivity index is 1.67. The first-order valence-corrected chi connectivity index (χ1v) is 9.47. The van der Waals surface area contributed by atoms with Crippen LogP contribution in [0, 0.1) is 6.92 Å². The normalized spacial score (nSPS) is 14.6. The standard InChI is InChI=1S/C20H22N2OS/c1-15-13-17-19(24-15)14-18(20(23)21-10-5-6-11-21)22(17)12-9-16-7-3-2-4-8-16/h2-4,7-8,13-14H,5-6,9-12H2,1H3. The van der Waals surface area contributed by atoms with E-state index in [1.54, 1.807) is 11.3 Å². The zero-order valence-electron chi connectivity index (χ0n) is 14.0. The van der Waals surface area contributed by atoms with Crippen molar-refractivity contribution in [2.45, 2.75) is 32.7 Å². The fraction of sp³-hybridized carbons (Fsp3) is 0.350. The summed E-state index contributed by atoms with van der Waals surface area (Å²) in [4.78, 5) is 16.2. The van der Waals surface area contributed by atoms with Crippen molar-refractivity contribution < 1.29 is 4.79 Å². The van der Waals surface area contributed by atoms with Crippen molar-refractivity contribution in [1.29, 1.82) is 0 Å². The van der Waals surface area contributed by atoms with Gasteiger partial charge in [0.2, 0.25) is 0 Å². The van der Waals surface area contributed by atoms with Gasteiger partial charge in [-0.05, 0) is 43.9 Å². The van der Waals surface area contributed by atoms with Crippen molar-refractivity contribution in [2.75, 3.05) is 13.1 Å². The van der Waals surface area contributed by atoms with Crippen LogP contribution in [0.15, 0.2) is 42.5 Å². The summed E-state index contributed by atoms with van der Waals surface area (Å²) in [6.45, 7) is 4.78. The van der Waals surface area contributed by atoms with Gasteiger partial charge in [0.25, 0.3) is 5.91 Å². The summed E-state index contributed by atoms with van der Waals surface area (Å²) in [5.41, 5.74) is 3.37. The summed E-state index contributed by atoms with van der Waals surface area (Å²) < 4.78 is 3.45. The van der Waals surface area contributed by atoms with Crippen LogP contribution in [0.4, 0.5) is 0 Å². The number of hydrogen-bond donors (Lipinski definition) is 0. The van der Waals surface area contributed by atoms with Gasteiger partial charge in [0.1, 0.15) is 5.69 Å². The van der Waals surface area contributed by atoms with Crippen molar-refractivity contribution in [3.63, 3.8) is 0 Å². The van der Waals surface area contributed by atoms with Crippen LogP contribution in [-0.4, -0.2) is 28.5 Å². The SMILES string of the molecule is Cc1cc2c(cc(C(=O)N3CCCC3)n2CCc2ccccc2)s1. The predicted octanol–water partition coefficient (Wildman–Crippen LogP) is 4.49. The minimum atomic E-state index is 0.196. The lowest BCUT2D eigenvalue weighted by Gasteiger charge is -2.17. The van der Waals surface area contributed by atoms with Crippen LogP contribution in [0.3, 0.4) is 0 Å². The third-order valence-electron chi connectivity index (χ3n) is 4.79. The zero-order valence-corrected chi connectivity index (χ0v) is 14.8. The summed E-state index contributed by atoms with van der Waals surface area (Å²) in [6, 6.07) is 14.8. The van der Waals surface area contributed by atoms with E-state index in [4.69, 9.17) is 0 Å². The molecule has 0 bridgehead atoms. The van der Waals surface area contributed by atoms with Gasteiger partial charge in [0, 0.05) is 24.5 Å². The zero-order chi connectivity index (χ0) is 16.5. The summed E-state index contributed by atoms with van der Waals surface area (Å²) in [5.74, 6) is 0.196. The van der Waals surface area contributed by atoms with Crippen molar-refractivity contribution >= 4 is 27.5 Å². The largest absolute Gasteiger partial charge is 0.337 e. The molecule has 0 radical (unpaired) electrons. The van der Waals surface area contributed by atoms with Gasteiger partial charge in [-0.3, -0.25) is 4.79 Å². The summed E-state index contributed by atoms with van der Waals surface area (Å²) in [5, 5.41) is 0. The molecule has 3 aromatic rings. The lowest BCUT2D eigenvalue weighted by Crippen LogP contribution is -2.29. The Bertz CT molecular complexity index is 857. The number of rotatable bonds is 4. The van der Waals surface area contributed by atoms with E-state index in [1.807, 2.05) is 11.0 Å². The molecular formula is C20H22N2OS. The number of benzene rings is 1. The molecule has 2 aromatic heterocycles.